The van der Waals surface area contributed by atoms with Gasteiger partial charge in [0.05, 0.1) is 0 Å². The van der Waals surface area contributed by atoms with Crippen molar-refractivity contribution in [3.63, 3.8) is 0 Å². The van der Waals surface area contributed by atoms with E-state index in [0.29, 0.717) is 29.0 Å². The molecule has 1 N–H and O–H groups in total. The maximum Gasteiger partial charge on any atom is 0.0476 e. The molecule has 0 bridgehead atoms. The summed E-state index contributed by atoms with van der Waals surface area (Å²) in [4.78, 5) is 2.79. The van der Waals surface area contributed by atoms with Gasteiger partial charge in [0.15, 0.2) is 0 Å². The van der Waals surface area contributed by atoms with E-state index in [0.717, 1.165) is 6.54 Å². The van der Waals surface area contributed by atoms with Gasteiger partial charge >= 0.3 is 0 Å². The van der Waals surface area contributed by atoms with Crippen LogP contribution in [0.4, 0.5) is 0 Å². The molecule has 116 valence electrons. The highest BCUT2D eigenvalue weighted by atomic mass is 15.3. The van der Waals surface area contributed by atoms with Crippen molar-refractivity contribution in [2.75, 3.05) is 13.1 Å². The van der Waals surface area contributed by atoms with Gasteiger partial charge in [0.25, 0.3) is 0 Å². The summed E-state index contributed by atoms with van der Waals surface area (Å²) in [5.74, 6) is 0. The fourth-order valence-corrected chi connectivity index (χ4v) is 4.38. The van der Waals surface area contributed by atoms with Gasteiger partial charge in [-0.3, -0.25) is 4.90 Å². The molecule has 0 aromatic heterocycles. The van der Waals surface area contributed by atoms with Gasteiger partial charge in [-0.05, 0) is 22.8 Å². The zero-order valence-corrected chi connectivity index (χ0v) is 14.2. The molecule has 2 fully saturated rings. The highest BCUT2D eigenvalue weighted by molar-refractivity contribution is 5.25. The SMILES string of the molecule is CCC1CN(C2C(C)(C)C2(C)C)C(c2ccccc2)CN1. The predicted molar refractivity (Wildman–Crippen MR) is 89.3 cm³/mol. The Morgan fingerprint density at radius 1 is 1.10 bits per heavy atom. The number of hydrogen-bond donors (Lipinski definition) is 1. The summed E-state index contributed by atoms with van der Waals surface area (Å²) < 4.78 is 0. The van der Waals surface area contributed by atoms with Crippen LogP contribution in [0, 0.1) is 10.8 Å². The molecule has 3 rings (SSSR count). The Balaban J connectivity index is 1.89. The van der Waals surface area contributed by atoms with Crippen molar-refractivity contribution in [3.8, 4) is 0 Å². The molecule has 1 saturated heterocycles. The van der Waals surface area contributed by atoms with Crippen molar-refractivity contribution in [3.05, 3.63) is 35.9 Å². The highest BCUT2D eigenvalue weighted by Crippen LogP contribution is 2.66. The third-order valence-corrected chi connectivity index (χ3v) is 6.38. The molecular formula is C19H30N2. The van der Waals surface area contributed by atoms with Crippen molar-refractivity contribution in [2.45, 2.75) is 59.2 Å². The molecule has 0 amide bonds. The Morgan fingerprint density at radius 3 is 2.24 bits per heavy atom. The van der Waals surface area contributed by atoms with E-state index in [1.807, 2.05) is 0 Å². The lowest BCUT2D eigenvalue weighted by Crippen LogP contribution is -2.53. The lowest BCUT2D eigenvalue weighted by Gasteiger charge is -2.42. The summed E-state index contributed by atoms with van der Waals surface area (Å²) in [6.45, 7) is 14.3. The number of piperazine rings is 1. The molecule has 1 aromatic carbocycles. The molecule has 1 heterocycles. The van der Waals surface area contributed by atoms with Crippen LogP contribution in [-0.2, 0) is 0 Å². The molecule has 0 spiro atoms. The number of hydrogen-bond acceptors (Lipinski definition) is 2. The smallest absolute Gasteiger partial charge is 0.0476 e. The van der Waals surface area contributed by atoms with E-state index < -0.39 is 0 Å². The van der Waals surface area contributed by atoms with E-state index in [9.17, 15) is 0 Å². The van der Waals surface area contributed by atoms with E-state index >= 15 is 0 Å². The van der Waals surface area contributed by atoms with Gasteiger partial charge in [-0.15, -0.1) is 0 Å². The standard InChI is InChI=1S/C19H30N2/c1-6-15-13-21(17-18(2,3)19(17,4)5)16(12-20-15)14-10-8-7-9-11-14/h7-11,15-17,20H,6,12-13H2,1-5H3. The second-order valence-electron chi connectivity index (χ2n) is 7.98. The molecular weight excluding hydrogens is 256 g/mol. The monoisotopic (exact) mass is 286 g/mol. The Morgan fingerprint density at radius 2 is 1.71 bits per heavy atom. The summed E-state index contributed by atoms with van der Waals surface area (Å²) in [6.07, 6.45) is 1.21. The Bertz CT molecular complexity index is 478. The van der Waals surface area contributed by atoms with Crippen LogP contribution < -0.4 is 5.32 Å². The van der Waals surface area contributed by atoms with Crippen LogP contribution >= 0.6 is 0 Å². The van der Waals surface area contributed by atoms with E-state index in [-0.39, 0.29) is 0 Å². The molecule has 1 aromatic rings. The van der Waals surface area contributed by atoms with Crippen molar-refractivity contribution in [1.82, 2.24) is 10.2 Å². The maximum atomic E-state index is 3.74. The van der Waals surface area contributed by atoms with Crippen LogP contribution in [-0.4, -0.2) is 30.1 Å². The first kappa shape index (κ1) is 15.1. The van der Waals surface area contributed by atoms with Gasteiger partial charge in [-0.2, -0.15) is 0 Å². The predicted octanol–water partition coefficient (Wildman–Crippen LogP) is 3.85. The summed E-state index contributed by atoms with van der Waals surface area (Å²) in [5.41, 5.74) is 2.28. The molecule has 2 aliphatic rings. The van der Waals surface area contributed by atoms with Gasteiger partial charge < -0.3 is 5.32 Å². The first-order chi connectivity index (χ1) is 9.89. The quantitative estimate of drug-likeness (QED) is 0.908. The van der Waals surface area contributed by atoms with E-state index in [1.54, 1.807) is 0 Å². The minimum atomic E-state index is 0.412. The molecule has 2 atom stereocenters. The van der Waals surface area contributed by atoms with Gasteiger partial charge in [-0.1, -0.05) is 65.0 Å². The summed E-state index contributed by atoms with van der Waals surface area (Å²) in [6, 6.07) is 12.9. The van der Waals surface area contributed by atoms with Crippen LogP contribution in [0.2, 0.25) is 0 Å². The summed E-state index contributed by atoms with van der Waals surface area (Å²) in [5, 5.41) is 3.74. The van der Waals surface area contributed by atoms with Crippen molar-refractivity contribution in [2.24, 2.45) is 10.8 Å². The summed E-state index contributed by atoms with van der Waals surface area (Å²) >= 11 is 0. The molecule has 1 aliphatic carbocycles. The highest BCUT2D eigenvalue weighted by Gasteiger charge is 2.68. The third kappa shape index (κ3) is 2.33. The zero-order chi connectivity index (χ0) is 15.3. The zero-order valence-electron chi connectivity index (χ0n) is 14.2. The molecule has 1 saturated carbocycles. The average molecular weight is 286 g/mol. The van der Waals surface area contributed by atoms with Crippen molar-refractivity contribution < 1.29 is 0 Å². The van der Waals surface area contributed by atoms with E-state index in [1.165, 1.54) is 18.5 Å². The first-order valence-electron chi connectivity index (χ1n) is 8.43. The van der Waals surface area contributed by atoms with Crippen LogP contribution in [0.15, 0.2) is 30.3 Å². The molecule has 1 aliphatic heterocycles. The lowest BCUT2D eigenvalue weighted by molar-refractivity contribution is 0.0989. The van der Waals surface area contributed by atoms with Gasteiger partial charge in [0.2, 0.25) is 0 Å². The Labute approximate surface area is 129 Å². The van der Waals surface area contributed by atoms with E-state index in [4.69, 9.17) is 0 Å². The molecule has 2 unspecified atom stereocenters. The normalized spacial score (nSPS) is 32.0. The average Bonchev–Trinajstić information content (AvgIpc) is 2.89. The maximum absolute atomic E-state index is 3.74. The number of rotatable bonds is 3. The van der Waals surface area contributed by atoms with Gasteiger partial charge in [0.1, 0.15) is 0 Å². The summed E-state index contributed by atoms with van der Waals surface area (Å²) in [7, 11) is 0. The molecule has 2 nitrogen and oxygen atoms in total. The number of benzene rings is 1. The van der Waals surface area contributed by atoms with Crippen molar-refractivity contribution in [1.29, 1.82) is 0 Å². The van der Waals surface area contributed by atoms with Crippen LogP contribution in [0.1, 0.15) is 52.6 Å². The van der Waals surface area contributed by atoms with Crippen LogP contribution in [0.5, 0.6) is 0 Å². The third-order valence-electron chi connectivity index (χ3n) is 6.38. The fourth-order valence-electron chi connectivity index (χ4n) is 4.38. The van der Waals surface area contributed by atoms with Gasteiger partial charge in [0, 0.05) is 31.2 Å². The minimum absolute atomic E-state index is 0.412. The van der Waals surface area contributed by atoms with Crippen LogP contribution in [0.25, 0.3) is 0 Å². The van der Waals surface area contributed by atoms with E-state index in [2.05, 4.69) is 75.2 Å². The largest absolute Gasteiger partial charge is 0.311 e. The molecule has 2 heteroatoms. The minimum Gasteiger partial charge on any atom is -0.311 e. The second kappa shape index (κ2) is 5.10. The topological polar surface area (TPSA) is 15.3 Å². The molecule has 21 heavy (non-hydrogen) atoms. The first-order valence-corrected chi connectivity index (χ1v) is 8.43. The Kier molecular flexibility index (Phi) is 3.66. The van der Waals surface area contributed by atoms with Gasteiger partial charge in [-0.25, -0.2) is 0 Å². The fraction of sp³-hybridized carbons (Fsp3) is 0.684. The number of nitrogens with zero attached hydrogens (tertiary/aromatic N) is 1. The van der Waals surface area contributed by atoms with Crippen molar-refractivity contribution >= 4 is 0 Å². The lowest BCUT2D eigenvalue weighted by atomic mass is 9.98. The molecule has 0 radical (unpaired) electrons. The van der Waals surface area contributed by atoms with Crippen LogP contribution in [0.3, 0.4) is 0 Å². The second-order valence-corrected chi connectivity index (χ2v) is 7.98. The Hall–Kier alpha value is -0.860. The number of nitrogens with one attached hydrogen (secondary N) is 1.